The van der Waals surface area contributed by atoms with Crippen molar-refractivity contribution in [1.82, 2.24) is 10.3 Å². The van der Waals surface area contributed by atoms with Crippen molar-refractivity contribution in [3.05, 3.63) is 12.1 Å². The van der Waals surface area contributed by atoms with E-state index in [0.717, 1.165) is 24.3 Å². The molecule has 0 bridgehead atoms. The summed E-state index contributed by atoms with van der Waals surface area (Å²) < 4.78 is 4.88. The number of hydrogen-bond acceptors (Lipinski definition) is 5. The molecule has 1 aromatic heterocycles. The Bertz CT molecular complexity index is 633. The van der Waals surface area contributed by atoms with Gasteiger partial charge in [-0.25, -0.2) is 9.62 Å². The predicted octanol–water partition coefficient (Wildman–Crippen LogP) is 2.44. The van der Waals surface area contributed by atoms with Gasteiger partial charge in [0.25, 0.3) is 0 Å². The van der Waals surface area contributed by atoms with Crippen LogP contribution in [0, 0.1) is 0 Å². The molecule has 7 heteroatoms. The Morgan fingerprint density at radius 2 is 2.00 bits per heavy atom. The number of hydrogen-bond donors (Lipinski definition) is 1. The Morgan fingerprint density at radius 1 is 1.25 bits per heavy atom. The number of benzene rings is 1. The van der Waals surface area contributed by atoms with Crippen LogP contribution in [0.25, 0.3) is 11.0 Å². The second-order valence-electron chi connectivity index (χ2n) is 4.85. The first-order valence-corrected chi connectivity index (χ1v) is 7.22. The molecule has 1 saturated heterocycles. The molecule has 2 heterocycles. The molecule has 0 saturated carbocycles. The van der Waals surface area contributed by atoms with Crippen molar-refractivity contribution in [2.45, 2.75) is 19.3 Å². The smallest absolute Gasteiger partial charge is 0.163 e. The molecular formula is C13H16ClN5O. The number of anilines is 1. The van der Waals surface area contributed by atoms with Crippen LogP contribution in [0.1, 0.15) is 19.3 Å². The molecule has 0 aliphatic carbocycles. The summed E-state index contributed by atoms with van der Waals surface area (Å²) in [5, 5.41) is 7.96. The van der Waals surface area contributed by atoms with Crippen molar-refractivity contribution in [1.29, 1.82) is 0 Å². The average Bonchev–Trinajstić information content (AvgIpc) is 2.98. The van der Waals surface area contributed by atoms with Crippen LogP contribution in [0.5, 0.6) is 0 Å². The van der Waals surface area contributed by atoms with E-state index in [0.29, 0.717) is 17.0 Å². The van der Waals surface area contributed by atoms with Gasteiger partial charge in [0.1, 0.15) is 5.84 Å². The number of alkyl halides is 1. The molecule has 0 radical (unpaired) electrons. The number of fused-ring (bicyclic) bond motifs is 1. The molecule has 1 aliphatic heterocycles. The lowest BCUT2D eigenvalue weighted by Gasteiger charge is -2.28. The molecule has 0 amide bonds. The quantitative estimate of drug-likeness (QED) is 0.534. The van der Waals surface area contributed by atoms with Gasteiger partial charge in [0.2, 0.25) is 0 Å². The summed E-state index contributed by atoms with van der Waals surface area (Å²) in [4.78, 5) is 6.56. The van der Waals surface area contributed by atoms with E-state index in [1.807, 2.05) is 12.1 Å². The van der Waals surface area contributed by atoms with Crippen molar-refractivity contribution in [3.8, 4) is 0 Å². The average molecular weight is 294 g/mol. The third kappa shape index (κ3) is 2.43. The van der Waals surface area contributed by atoms with Gasteiger partial charge in [-0.3, -0.25) is 0 Å². The molecule has 0 atom stereocenters. The van der Waals surface area contributed by atoms with E-state index in [-0.39, 0.29) is 5.88 Å². The third-order valence-electron chi connectivity index (χ3n) is 3.47. The summed E-state index contributed by atoms with van der Waals surface area (Å²) in [6.45, 7) is 2.07. The van der Waals surface area contributed by atoms with Gasteiger partial charge in [0, 0.05) is 13.1 Å². The van der Waals surface area contributed by atoms with Crippen LogP contribution in [0.15, 0.2) is 21.8 Å². The van der Waals surface area contributed by atoms with Gasteiger partial charge >= 0.3 is 0 Å². The zero-order valence-electron chi connectivity index (χ0n) is 11.0. The molecule has 0 spiro atoms. The normalized spacial score (nSPS) is 16.9. The van der Waals surface area contributed by atoms with Crippen LogP contribution in [0.3, 0.4) is 0 Å². The van der Waals surface area contributed by atoms with E-state index < -0.39 is 0 Å². The van der Waals surface area contributed by atoms with Gasteiger partial charge in [0.05, 0.1) is 17.3 Å². The summed E-state index contributed by atoms with van der Waals surface area (Å²) in [7, 11) is 0. The zero-order valence-corrected chi connectivity index (χ0v) is 11.8. The van der Waals surface area contributed by atoms with Crippen LogP contribution >= 0.6 is 11.6 Å². The molecule has 1 aromatic carbocycles. The van der Waals surface area contributed by atoms with Crippen molar-refractivity contribution in [2.75, 3.05) is 23.9 Å². The van der Waals surface area contributed by atoms with Gasteiger partial charge in [0.15, 0.2) is 11.0 Å². The molecule has 2 aromatic rings. The van der Waals surface area contributed by atoms with Gasteiger partial charge in [-0.05, 0) is 41.7 Å². The number of aliphatic imine (C=N–C) groups is 1. The van der Waals surface area contributed by atoms with E-state index in [4.69, 9.17) is 22.0 Å². The number of amidine groups is 1. The summed E-state index contributed by atoms with van der Waals surface area (Å²) in [6.07, 6.45) is 3.68. The first kappa shape index (κ1) is 13.2. The predicted molar refractivity (Wildman–Crippen MR) is 79.9 cm³/mol. The minimum atomic E-state index is 0.181. The number of aromatic nitrogens is 2. The highest BCUT2D eigenvalue weighted by molar-refractivity contribution is 6.28. The molecule has 106 valence electrons. The van der Waals surface area contributed by atoms with Crippen LogP contribution in [0.4, 0.5) is 11.4 Å². The van der Waals surface area contributed by atoms with Gasteiger partial charge < -0.3 is 10.6 Å². The Labute approximate surface area is 121 Å². The van der Waals surface area contributed by atoms with E-state index >= 15 is 0 Å². The topological polar surface area (TPSA) is 80.5 Å². The largest absolute Gasteiger partial charge is 0.386 e. The molecule has 1 aliphatic rings. The number of rotatable bonds is 3. The van der Waals surface area contributed by atoms with E-state index in [1.165, 1.54) is 19.3 Å². The van der Waals surface area contributed by atoms with Crippen molar-refractivity contribution < 1.29 is 4.63 Å². The first-order valence-electron chi connectivity index (χ1n) is 6.69. The number of nitrogens with zero attached hydrogens (tertiary/aromatic N) is 4. The zero-order chi connectivity index (χ0) is 13.9. The molecule has 0 unspecified atom stereocenters. The lowest BCUT2D eigenvalue weighted by Crippen LogP contribution is -2.29. The van der Waals surface area contributed by atoms with Crippen LogP contribution in [-0.2, 0) is 0 Å². The lowest BCUT2D eigenvalue weighted by molar-refractivity contribution is 0.315. The maximum Gasteiger partial charge on any atom is 0.163 e. The molecule has 6 nitrogen and oxygen atoms in total. The van der Waals surface area contributed by atoms with Crippen LogP contribution in [0.2, 0.25) is 0 Å². The number of nitrogens with two attached hydrogens (primary N) is 1. The fourth-order valence-electron chi connectivity index (χ4n) is 2.51. The number of halogens is 1. The Hall–Kier alpha value is -1.82. The SMILES string of the molecule is NC(CCl)=Nc1ccc(N2CCCCC2)c2nonc12. The molecule has 2 N–H and O–H groups in total. The van der Waals surface area contributed by atoms with Crippen molar-refractivity contribution in [2.24, 2.45) is 10.7 Å². The Kier molecular flexibility index (Phi) is 3.73. The fourth-order valence-corrected chi connectivity index (χ4v) is 2.56. The Morgan fingerprint density at radius 3 is 2.75 bits per heavy atom. The summed E-state index contributed by atoms with van der Waals surface area (Å²) in [5.41, 5.74) is 8.72. The second kappa shape index (κ2) is 5.66. The first-order chi connectivity index (χ1) is 9.79. The second-order valence-corrected chi connectivity index (χ2v) is 5.12. The van der Waals surface area contributed by atoms with Gasteiger partial charge in [-0.15, -0.1) is 11.6 Å². The van der Waals surface area contributed by atoms with E-state index in [1.54, 1.807) is 0 Å². The van der Waals surface area contributed by atoms with Crippen molar-refractivity contribution in [3.63, 3.8) is 0 Å². The van der Waals surface area contributed by atoms with E-state index in [9.17, 15) is 0 Å². The highest BCUT2D eigenvalue weighted by atomic mass is 35.5. The van der Waals surface area contributed by atoms with Crippen LogP contribution in [-0.4, -0.2) is 35.1 Å². The molecule has 20 heavy (non-hydrogen) atoms. The minimum absolute atomic E-state index is 0.181. The summed E-state index contributed by atoms with van der Waals surface area (Å²) in [6, 6.07) is 3.88. The van der Waals surface area contributed by atoms with Gasteiger partial charge in [-0.2, -0.15) is 0 Å². The number of piperidine rings is 1. The van der Waals surface area contributed by atoms with Gasteiger partial charge in [-0.1, -0.05) is 0 Å². The maximum atomic E-state index is 5.67. The fraction of sp³-hybridized carbons (Fsp3) is 0.462. The minimum Gasteiger partial charge on any atom is -0.386 e. The molecule has 3 rings (SSSR count). The van der Waals surface area contributed by atoms with Crippen LogP contribution < -0.4 is 10.6 Å². The summed E-state index contributed by atoms with van der Waals surface area (Å²) >= 11 is 5.66. The van der Waals surface area contributed by atoms with Crippen molar-refractivity contribution >= 4 is 39.8 Å². The van der Waals surface area contributed by atoms with E-state index in [2.05, 4.69) is 20.2 Å². The standard InChI is InChI=1S/C13H16ClN5O/c14-8-11(15)16-9-4-5-10(13-12(9)17-20-18-13)19-6-2-1-3-7-19/h4-5H,1-3,6-8H2,(H2,15,16). The lowest BCUT2D eigenvalue weighted by atomic mass is 10.1. The summed E-state index contributed by atoms with van der Waals surface area (Å²) in [5.74, 6) is 0.530. The monoisotopic (exact) mass is 293 g/mol. The maximum absolute atomic E-state index is 5.67. The highest BCUT2D eigenvalue weighted by Gasteiger charge is 2.18. The molecule has 1 fully saturated rings. The highest BCUT2D eigenvalue weighted by Crippen LogP contribution is 2.32. The third-order valence-corrected chi connectivity index (χ3v) is 3.74. The Balaban J connectivity index is 2.04. The molecular weight excluding hydrogens is 278 g/mol.